The van der Waals surface area contributed by atoms with Gasteiger partial charge in [-0.15, -0.1) is 11.3 Å². The lowest BCUT2D eigenvalue weighted by Gasteiger charge is -2.16. The summed E-state index contributed by atoms with van der Waals surface area (Å²) in [4.78, 5) is 22.2. The van der Waals surface area contributed by atoms with Gasteiger partial charge in [-0.25, -0.2) is 4.98 Å². The van der Waals surface area contributed by atoms with E-state index in [9.17, 15) is 18.0 Å². The molecule has 0 saturated heterocycles. The first kappa shape index (κ1) is 24.6. The number of benzene rings is 2. The number of thiazole rings is 1. The standard InChI is InChI=1S/C26H23F3N4OS/c1-15(33-25(34)23-11-19(9-10-31-23)24-14-32-16(2)35-24)17-3-5-18(6-4-17)22-12-21(26(27,28)29)8-7-20(22)13-30/h3-12,14-15H,13,30H2,1-2H3,(H,33,34)/t15-/m1/s1. The number of amides is 1. The van der Waals surface area contributed by atoms with Gasteiger partial charge in [-0.05, 0) is 65.9 Å². The largest absolute Gasteiger partial charge is 0.416 e. The first-order chi connectivity index (χ1) is 16.7. The third-order valence-corrected chi connectivity index (χ3v) is 6.59. The van der Waals surface area contributed by atoms with Gasteiger partial charge in [0.25, 0.3) is 5.91 Å². The molecule has 0 saturated carbocycles. The normalized spacial score (nSPS) is 12.4. The van der Waals surface area contributed by atoms with E-state index in [0.29, 0.717) is 16.7 Å². The Hall–Kier alpha value is -3.56. The molecule has 3 N–H and O–H groups in total. The molecule has 5 nitrogen and oxygen atoms in total. The summed E-state index contributed by atoms with van der Waals surface area (Å²) in [7, 11) is 0. The molecule has 0 spiro atoms. The van der Waals surface area contributed by atoms with Gasteiger partial charge in [0.1, 0.15) is 5.69 Å². The van der Waals surface area contributed by atoms with Crippen molar-refractivity contribution < 1.29 is 18.0 Å². The summed E-state index contributed by atoms with van der Waals surface area (Å²) < 4.78 is 39.6. The van der Waals surface area contributed by atoms with Crippen molar-refractivity contribution in [3.63, 3.8) is 0 Å². The van der Waals surface area contributed by atoms with E-state index < -0.39 is 11.7 Å². The first-order valence-corrected chi connectivity index (χ1v) is 11.7. The minimum Gasteiger partial charge on any atom is -0.344 e. The van der Waals surface area contributed by atoms with E-state index in [0.717, 1.165) is 33.1 Å². The predicted octanol–water partition coefficient (Wildman–Crippen LogP) is 6.15. The van der Waals surface area contributed by atoms with E-state index in [-0.39, 0.29) is 24.2 Å². The van der Waals surface area contributed by atoms with Crippen molar-refractivity contribution in [2.24, 2.45) is 5.73 Å². The molecule has 35 heavy (non-hydrogen) atoms. The Bertz CT molecular complexity index is 1350. The van der Waals surface area contributed by atoms with Crippen LogP contribution in [0.4, 0.5) is 13.2 Å². The van der Waals surface area contributed by atoms with Crippen molar-refractivity contribution in [2.75, 3.05) is 0 Å². The maximum Gasteiger partial charge on any atom is 0.416 e. The molecule has 0 fully saturated rings. The number of carbonyl (C=O) groups is 1. The summed E-state index contributed by atoms with van der Waals surface area (Å²) in [5.41, 5.74) is 8.65. The number of hydrogen-bond donors (Lipinski definition) is 2. The molecular weight excluding hydrogens is 473 g/mol. The zero-order valence-corrected chi connectivity index (χ0v) is 19.9. The second-order valence-corrected chi connectivity index (χ2v) is 9.30. The molecular formula is C26H23F3N4OS. The summed E-state index contributed by atoms with van der Waals surface area (Å²) in [6.07, 6.45) is -1.09. The maximum absolute atomic E-state index is 13.2. The van der Waals surface area contributed by atoms with Crippen LogP contribution >= 0.6 is 11.3 Å². The number of hydrogen-bond acceptors (Lipinski definition) is 5. The number of aromatic nitrogens is 2. The fourth-order valence-corrected chi connectivity index (χ4v) is 4.48. The van der Waals surface area contributed by atoms with Crippen LogP contribution in [0.15, 0.2) is 67.0 Å². The third-order valence-electron chi connectivity index (χ3n) is 5.62. The molecule has 180 valence electrons. The van der Waals surface area contributed by atoms with Crippen LogP contribution in [0, 0.1) is 6.92 Å². The number of aryl methyl sites for hydroxylation is 1. The average Bonchev–Trinajstić information content (AvgIpc) is 3.29. The zero-order chi connectivity index (χ0) is 25.2. The number of rotatable bonds is 6. The van der Waals surface area contributed by atoms with Gasteiger partial charge in [-0.2, -0.15) is 13.2 Å². The summed E-state index contributed by atoms with van der Waals surface area (Å²) in [6, 6.07) is 13.8. The van der Waals surface area contributed by atoms with Gasteiger partial charge >= 0.3 is 6.18 Å². The zero-order valence-electron chi connectivity index (χ0n) is 19.1. The van der Waals surface area contributed by atoms with Crippen molar-refractivity contribution in [3.8, 4) is 21.6 Å². The van der Waals surface area contributed by atoms with Crippen LogP contribution in [0.5, 0.6) is 0 Å². The van der Waals surface area contributed by atoms with E-state index >= 15 is 0 Å². The highest BCUT2D eigenvalue weighted by Gasteiger charge is 2.31. The van der Waals surface area contributed by atoms with E-state index in [2.05, 4.69) is 15.3 Å². The molecule has 4 rings (SSSR count). The fourth-order valence-electron chi connectivity index (χ4n) is 3.71. The lowest BCUT2D eigenvalue weighted by molar-refractivity contribution is -0.137. The number of pyridine rings is 1. The Morgan fingerprint density at radius 1 is 1.06 bits per heavy atom. The van der Waals surface area contributed by atoms with E-state index in [4.69, 9.17) is 5.73 Å². The van der Waals surface area contributed by atoms with Crippen molar-refractivity contribution in [2.45, 2.75) is 32.6 Å². The molecule has 1 amide bonds. The molecule has 9 heteroatoms. The molecule has 2 aromatic carbocycles. The van der Waals surface area contributed by atoms with Crippen LogP contribution in [0.1, 0.15) is 45.2 Å². The van der Waals surface area contributed by atoms with Crippen molar-refractivity contribution in [1.82, 2.24) is 15.3 Å². The third kappa shape index (κ3) is 5.58. The average molecular weight is 497 g/mol. The second kappa shape index (κ2) is 9.97. The molecule has 0 aliphatic heterocycles. The molecule has 1 atom stereocenters. The van der Waals surface area contributed by atoms with Crippen LogP contribution in [0.3, 0.4) is 0 Å². The Labute approximate surface area is 204 Å². The molecule has 0 bridgehead atoms. The Balaban J connectivity index is 1.51. The van der Waals surface area contributed by atoms with Crippen LogP contribution < -0.4 is 11.1 Å². The quantitative estimate of drug-likeness (QED) is 0.336. The molecule has 0 aliphatic rings. The van der Waals surface area contributed by atoms with Crippen molar-refractivity contribution >= 4 is 17.2 Å². The molecule has 4 aromatic rings. The number of halogens is 3. The highest BCUT2D eigenvalue weighted by atomic mass is 32.1. The number of alkyl halides is 3. The molecule has 0 aliphatic carbocycles. The molecule has 0 radical (unpaired) electrons. The van der Waals surface area contributed by atoms with Gasteiger partial charge in [0, 0.05) is 18.9 Å². The maximum atomic E-state index is 13.2. The van der Waals surface area contributed by atoms with Gasteiger partial charge in [-0.1, -0.05) is 30.3 Å². The van der Waals surface area contributed by atoms with Crippen LogP contribution in [-0.2, 0) is 12.7 Å². The molecule has 0 unspecified atom stereocenters. The summed E-state index contributed by atoms with van der Waals surface area (Å²) in [5.74, 6) is -0.326. The van der Waals surface area contributed by atoms with Gasteiger partial charge in [-0.3, -0.25) is 9.78 Å². The van der Waals surface area contributed by atoms with Gasteiger partial charge in [0.15, 0.2) is 0 Å². The lowest BCUT2D eigenvalue weighted by atomic mass is 9.95. The van der Waals surface area contributed by atoms with Crippen LogP contribution in [0.2, 0.25) is 0 Å². The monoisotopic (exact) mass is 496 g/mol. The summed E-state index contributed by atoms with van der Waals surface area (Å²) in [5, 5.41) is 3.86. The van der Waals surface area contributed by atoms with Gasteiger partial charge in [0.05, 0.1) is 21.5 Å². The van der Waals surface area contributed by atoms with Crippen LogP contribution in [0.25, 0.3) is 21.6 Å². The van der Waals surface area contributed by atoms with Gasteiger partial charge in [0.2, 0.25) is 0 Å². The highest BCUT2D eigenvalue weighted by molar-refractivity contribution is 7.15. The summed E-state index contributed by atoms with van der Waals surface area (Å²) in [6.45, 7) is 3.87. The highest BCUT2D eigenvalue weighted by Crippen LogP contribution is 2.34. The van der Waals surface area contributed by atoms with Crippen molar-refractivity contribution in [1.29, 1.82) is 0 Å². The fraction of sp³-hybridized carbons (Fsp3) is 0.192. The van der Waals surface area contributed by atoms with Gasteiger partial charge < -0.3 is 11.1 Å². The number of nitrogens with two attached hydrogens (primary N) is 1. The van der Waals surface area contributed by atoms with Crippen LogP contribution in [-0.4, -0.2) is 15.9 Å². The number of carbonyl (C=O) groups excluding carboxylic acids is 1. The number of nitrogens with one attached hydrogen (secondary N) is 1. The van der Waals surface area contributed by atoms with E-state index in [1.807, 2.05) is 19.9 Å². The first-order valence-electron chi connectivity index (χ1n) is 10.9. The smallest absolute Gasteiger partial charge is 0.344 e. The Kier molecular flexibility index (Phi) is 7.00. The topological polar surface area (TPSA) is 80.9 Å². The number of nitrogens with zero attached hydrogens (tertiary/aromatic N) is 2. The second-order valence-electron chi connectivity index (χ2n) is 8.06. The predicted molar refractivity (Wildman–Crippen MR) is 131 cm³/mol. The lowest BCUT2D eigenvalue weighted by Crippen LogP contribution is -2.27. The molecule has 2 aromatic heterocycles. The minimum absolute atomic E-state index is 0.120. The SMILES string of the molecule is Cc1ncc(-c2ccnc(C(=O)N[C@H](C)c3ccc(-c4cc(C(F)(F)F)ccc4CN)cc3)c2)s1. The van der Waals surface area contributed by atoms with Crippen molar-refractivity contribution in [3.05, 3.63) is 94.4 Å². The van der Waals surface area contributed by atoms with E-state index in [1.165, 1.54) is 17.4 Å². The molecule has 2 heterocycles. The Morgan fingerprint density at radius 2 is 1.80 bits per heavy atom. The summed E-state index contributed by atoms with van der Waals surface area (Å²) >= 11 is 1.54. The van der Waals surface area contributed by atoms with E-state index in [1.54, 1.807) is 42.7 Å². The minimum atomic E-state index is -4.44. The Morgan fingerprint density at radius 3 is 2.43 bits per heavy atom.